The molecule has 3 heteroatoms. The van der Waals surface area contributed by atoms with Crippen LogP contribution in [0.3, 0.4) is 0 Å². The molecule has 3 N–H and O–H groups in total. The molecule has 0 aromatic carbocycles. The van der Waals surface area contributed by atoms with Crippen LogP contribution in [0.4, 0.5) is 0 Å². The van der Waals surface area contributed by atoms with Crippen molar-refractivity contribution in [3.05, 3.63) is 0 Å². The minimum absolute atomic E-state index is 0.159. The van der Waals surface area contributed by atoms with Crippen molar-refractivity contribution in [2.45, 2.75) is 25.9 Å². The SMILES string of the molecule is CC(C)(O)CCNCCO. The van der Waals surface area contributed by atoms with E-state index in [1.165, 1.54) is 0 Å². The summed E-state index contributed by atoms with van der Waals surface area (Å²) in [5.41, 5.74) is -0.595. The third kappa shape index (κ3) is 7.88. The van der Waals surface area contributed by atoms with Gasteiger partial charge in [0.15, 0.2) is 0 Å². The van der Waals surface area contributed by atoms with Gasteiger partial charge in [-0.25, -0.2) is 0 Å². The molecular weight excluding hydrogens is 130 g/mol. The smallest absolute Gasteiger partial charge is 0.0603 e. The first-order chi connectivity index (χ1) is 4.56. The summed E-state index contributed by atoms with van der Waals surface area (Å²) >= 11 is 0. The Labute approximate surface area is 62.1 Å². The van der Waals surface area contributed by atoms with Crippen molar-refractivity contribution < 1.29 is 10.2 Å². The molecular formula is C7H17NO2. The van der Waals surface area contributed by atoms with Gasteiger partial charge in [-0.2, -0.15) is 0 Å². The van der Waals surface area contributed by atoms with Crippen molar-refractivity contribution in [3.63, 3.8) is 0 Å². The molecule has 0 atom stereocenters. The van der Waals surface area contributed by atoms with Gasteiger partial charge in [0, 0.05) is 6.54 Å². The molecule has 0 amide bonds. The van der Waals surface area contributed by atoms with Crippen LogP contribution in [0.2, 0.25) is 0 Å². The van der Waals surface area contributed by atoms with E-state index in [4.69, 9.17) is 5.11 Å². The molecule has 0 unspecified atom stereocenters. The predicted molar refractivity (Wildman–Crippen MR) is 40.9 cm³/mol. The standard InChI is InChI=1S/C7H17NO2/c1-7(2,10)3-4-8-5-6-9/h8-10H,3-6H2,1-2H3. The maximum Gasteiger partial charge on any atom is 0.0603 e. The van der Waals surface area contributed by atoms with E-state index in [1.807, 2.05) is 0 Å². The molecule has 10 heavy (non-hydrogen) atoms. The molecule has 0 aromatic rings. The van der Waals surface area contributed by atoms with Crippen LogP contribution in [0.15, 0.2) is 0 Å². The summed E-state index contributed by atoms with van der Waals surface area (Å²) in [6.45, 7) is 5.06. The largest absolute Gasteiger partial charge is 0.395 e. The Morgan fingerprint density at radius 3 is 2.30 bits per heavy atom. The van der Waals surface area contributed by atoms with Crippen LogP contribution in [0, 0.1) is 0 Å². The van der Waals surface area contributed by atoms with Crippen molar-refractivity contribution in [3.8, 4) is 0 Å². The van der Waals surface area contributed by atoms with Crippen molar-refractivity contribution in [2.24, 2.45) is 0 Å². The van der Waals surface area contributed by atoms with E-state index in [0.717, 1.165) is 6.54 Å². The lowest BCUT2D eigenvalue weighted by Gasteiger charge is -2.16. The van der Waals surface area contributed by atoms with Gasteiger partial charge in [-0.1, -0.05) is 0 Å². The second kappa shape index (κ2) is 4.66. The summed E-state index contributed by atoms with van der Waals surface area (Å²) in [7, 11) is 0. The topological polar surface area (TPSA) is 52.5 Å². The van der Waals surface area contributed by atoms with Gasteiger partial charge in [0.25, 0.3) is 0 Å². The van der Waals surface area contributed by atoms with Crippen LogP contribution in [0.5, 0.6) is 0 Å². The zero-order valence-electron chi connectivity index (χ0n) is 6.72. The lowest BCUT2D eigenvalue weighted by atomic mass is 10.1. The molecule has 3 nitrogen and oxygen atoms in total. The van der Waals surface area contributed by atoms with Crippen LogP contribution in [0.25, 0.3) is 0 Å². The van der Waals surface area contributed by atoms with Crippen LogP contribution < -0.4 is 5.32 Å². The summed E-state index contributed by atoms with van der Waals surface area (Å²) in [5.74, 6) is 0. The molecule has 0 bridgehead atoms. The predicted octanol–water partition coefficient (Wildman–Crippen LogP) is -0.271. The summed E-state index contributed by atoms with van der Waals surface area (Å²) in [4.78, 5) is 0. The first-order valence-corrected chi connectivity index (χ1v) is 3.60. The normalized spacial score (nSPS) is 12.0. The summed E-state index contributed by atoms with van der Waals surface area (Å²) in [5, 5.41) is 20.6. The molecule has 0 radical (unpaired) electrons. The molecule has 0 spiro atoms. The summed E-state index contributed by atoms with van der Waals surface area (Å²) < 4.78 is 0. The minimum atomic E-state index is -0.595. The van der Waals surface area contributed by atoms with Crippen LogP contribution in [-0.2, 0) is 0 Å². The molecule has 0 saturated carbocycles. The van der Waals surface area contributed by atoms with E-state index in [-0.39, 0.29) is 6.61 Å². The monoisotopic (exact) mass is 147 g/mol. The van der Waals surface area contributed by atoms with Crippen molar-refractivity contribution >= 4 is 0 Å². The van der Waals surface area contributed by atoms with E-state index >= 15 is 0 Å². The van der Waals surface area contributed by atoms with Crippen LogP contribution in [0.1, 0.15) is 20.3 Å². The first kappa shape index (κ1) is 9.88. The van der Waals surface area contributed by atoms with Crippen molar-refractivity contribution in [2.75, 3.05) is 19.7 Å². The zero-order valence-corrected chi connectivity index (χ0v) is 6.72. The molecule has 0 heterocycles. The van der Waals surface area contributed by atoms with Crippen LogP contribution in [-0.4, -0.2) is 35.5 Å². The molecule has 0 aliphatic heterocycles. The third-order valence-corrected chi connectivity index (χ3v) is 1.20. The van der Waals surface area contributed by atoms with E-state index in [9.17, 15) is 5.11 Å². The summed E-state index contributed by atoms with van der Waals surface area (Å²) in [6, 6.07) is 0. The second-order valence-corrected chi connectivity index (χ2v) is 3.04. The molecule has 62 valence electrons. The Hall–Kier alpha value is -0.120. The fourth-order valence-electron chi connectivity index (χ4n) is 0.598. The van der Waals surface area contributed by atoms with E-state index in [2.05, 4.69) is 5.32 Å². The molecule has 0 aromatic heterocycles. The highest BCUT2D eigenvalue weighted by atomic mass is 16.3. The molecule has 0 aliphatic rings. The fourth-order valence-corrected chi connectivity index (χ4v) is 0.598. The highest BCUT2D eigenvalue weighted by Crippen LogP contribution is 2.04. The number of nitrogens with one attached hydrogen (secondary N) is 1. The molecule has 0 rings (SSSR count). The molecule has 0 aliphatic carbocycles. The fraction of sp³-hybridized carbons (Fsp3) is 1.00. The highest BCUT2D eigenvalue weighted by Gasteiger charge is 2.10. The minimum Gasteiger partial charge on any atom is -0.395 e. The maximum atomic E-state index is 9.21. The van der Waals surface area contributed by atoms with Gasteiger partial charge in [0.1, 0.15) is 0 Å². The van der Waals surface area contributed by atoms with Gasteiger partial charge in [0.2, 0.25) is 0 Å². The van der Waals surface area contributed by atoms with Crippen molar-refractivity contribution in [1.82, 2.24) is 5.32 Å². The Morgan fingerprint density at radius 2 is 1.90 bits per heavy atom. The average molecular weight is 147 g/mol. The van der Waals surface area contributed by atoms with E-state index < -0.39 is 5.60 Å². The van der Waals surface area contributed by atoms with Gasteiger partial charge >= 0.3 is 0 Å². The van der Waals surface area contributed by atoms with Crippen LogP contribution >= 0.6 is 0 Å². The Balaban J connectivity index is 3.04. The maximum absolute atomic E-state index is 9.21. The number of aliphatic hydroxyl groups excluding tert-OH is 1. The summed E-state index contributed by atoms with van der Waals surface area (Å²) in [6.07, 6.45) is 0.715. The Bertz CT molecular complexity index is 78.2. The number of hydrogen-bond donors (Lipinski definition) is 3. The van der Waals surface area contributed by atoms with Gasteiger partial charge < -0.3 is 15.5 Å². The lowest BCUT2D eigenvalue weighted by molar-refractivity contribution is 0.0708. The lowest BCUT2D eigenvalue weighted by Crippen LogP contribution is -2.28. The molecule has 0 fully saturated rings. The number of hydrogen-bond acceptors (Lipinski definition) is 3. The van der Waals surface area contributed by atoms with Gasteiger partial charge in [-0.05, 0) is 26.8 Å². The van der Waals surface area contributed by atoms with E-state index in [1.54, 1.807) is 13.8 Å². The highest BCUT2D eigenvalue weighted by molar-refractivity contribution is 4.65. The molecule has 0 saturated heterocycles. The Kier molecular flexibility index (Phi) is 4.60. The number of aliphatic hydroxyl groups is 2. The quantitative estimate of drug-likeness (QED) is 0.469. The first-order valence-electron chi connectivity index (χ1n) is 3.60. The number of rotatable bonds is 5. The van der Waals surface area contributed by atoms with Gasteiger partial charge in [-0.3, -0.25) is 0 Å². The Morgan fingerprint density at radius 1 is 1.30 bits per heavy atom. The third-order valence-electron chi connectivity index (χ3n) is 1.20. The van der Waals surface area contributed by atoms with E-state index in [0.29, 0.717) is 13.0 Å². The van der Waals surface area contributed by atoms with Crippen molar-refractivity contribution in [1.29, 1.82) is 0 Å². The van der Waals surface area contributed by atoms with Gasteiger partial charge in [-0.15, -0.1) is 0 Å². The average Bonchev–Trinajstić information content (AvgIpc) is 1.78. The zero-order chi connectivity index (χ0) is 8.04. The van der Waals surface area contributed by atoms with Gasteiger partial charge in [0.05, 0.1) is 12.2 Å². The second-order valence-electron chi connectivity index (χ2n) is 3.04.